The van der Waals surface area contributed by atoms with Crippen LogP contribution in [0.4, 0.5) is 11.4 Å². The van der Waals surface area contributed by atoms with Gasteiger partial charge in [0.05, 0.1) is 21.2 Å². The number of hydrogen-bond donors (Lipinski definition) is 4. The Hall–Kier alpha value is -2.41. The van der Waals surface area contributed by atoms with Gasteiger partial charge in [-0.05, 0) is 24.3 Å². The average Bonchev–Trinajstić information content (AvgIpc) is 2.35. The molecule has 0 saturated heterocycles. The molecule has 0 aliphatic heterocycles. The lowest BCUT2D eigenvalue weighted by Gasteiger charge is -2.10. The van der Waals surface area contributed by atoms with Crippen molar-refractivity contribution < 1.29 is 18.6 Å². The van der Waals surface area contributed by atoms with Crippen LogP contribution in [0.2, 0.25) is 0 Å². The number of benzene rings is 2. The minimum atomic E-state index is -4.02. The lowest BCUT2D eigenvalue weighted by molar-refractivity contribution is 0.473. The predicted molar refractivity (Wildman–Crippen MR) is 70.5 cm³/mol. The molecule has 6 nitrogen and oxygen atoms in total. The van der Waals surface area contributed by atoms with Crippen LogP contribution < -0.4 is 11.5 Å². The van der Waals surface area contributed by atoms with E-state index in [0.29, 0.717) is 0 Å². The molecule has 0 unspecified atom stereocenters. The van der Waals surface area contributed by atoms with E-state index < -0.39 is 9.84 Å². The Morgan fingerprint density at radius 3 is 1.53 bits per heavy atom. The van der Waals surface area contributed by atoms with Gasteiger partial charge in [-0.2, -0.15) is 0 Å². The number of aromatic hydroxyl groups is 2. The summed E-state index contributed by atoms with van der Waals surface area (Å²) in [6.45, 7) is 0. The molecular formula is C12H12N2O4S. The van der Waals surface area contributed by atoms with E-state index >= 15 is 0 Å². The number of phenolic OH excluding ortho intramolecular Hbond substituents is 2. The van der Waals surface area contributed by atoms with E-state index in [4.69, 9.17) is 11.5 Å². The monoisotopic (exact) mass is 280 g/mol. The van der Waals surface area contributed by atoms with Crippen LogP contribution in [0.3, 0.4) is 0 Å². The van der Waals surface area contributed by atoms with Crippen molar-refractivity contribution >= 4 is 21.2 Å². The Kier molecular flexibility index (Phi) is 2.99. The van der Waals surface area contributed by atoms with E-state index in [1.54, 1.807) is 0 Å². The molecular weight excluding hydrogens is 268 g/mol. The molecule has 0 amide bonds. The molecule has 100 valence electrons. The minimum Gasteiger partial charge on any atom is -0.508 e. The summed E-state index contributed by atoms with van der Waals surface area (Å²) in [5.74, 6) is -0.460. The lowest BCUT2D eigenvalue weighted by atomic mass is 10.3. The summed E-state index contributed by atoms with van der Waals surface area (Å²) in [7, 11) is -4.02. The molecule has 2 aromatic rings. The standard InChI is InChI=1S/C12H12N2O4S/c13-9-3-1-7(15)5-11(9)19(17,18)12-6-8(16)2-4-10(12)14/h1-6,15-16H,13-14H2. The van der Waals surface area contributed by atoms with Gasteiger partial charge in [0, 0.05) is 12.1 Å². The van der Waals surface area contributed by atoms with Gasteiger partial charge in [-0.3, -0.25) is 0 Å². The maximum absolute atomic E-state index is 12.4. The summed E-state index contributed by atoms with van der Waals surface area (Å²) < 4.78 is 24.8. The Morgan fingerprint density at radius 1 is 0.789 bits per heavy atom. The SMILES string of the molecule is Nc1ccc(O)cc1S(=O)(=O)c1cc(O)ccc1N. The Bertz CT molecular complexity index is 684. The highest BCUT2D eigenvalue weighted by atomic mass is 32.2. The molecule has 19 heavy (non-hydrogen) atoms. The van der Waals surface area contributed by atoms with E-state index in [1.165, 1.54) is 24.3 Å². The maximum Gasteiger partial charge on any atom is 0.210 e. The third kappa shape index (κ3) is 2.27. The fraction of sp³-hybridized carbons (Fsp3) is 0. The molecule has 2 rings (SSSR count). The van der Waals surface area contributed by atoms with Gasteiger partial charge < -0.3 is 21.7 Å². The van der Waals surface area contributed by atoms with Crippen molar-refractivity contribution in [2.75, 3.05) is 11.5 Å². The van der Waals surface area contributed by atoms with Crippen molar-refractivity contribution in [1.29, 1.82) is 0 Å². The quantitative estimate of drug-likeness (QED) is 0.482. The van der Waals surface area contributed by atoms with E-state index in [0.717, 1.165) is 12.1 Å². The second-order valence-electron chi connectivity index (χ2n) is 3.95. The highest BCUT2D eigenvalue weighted by Gasteiger charge is 2.24. The number of anilines is 2. The van der Waals surface area contributed by atoms with E-state index in [1.807, 2.05) is 0 Å². The lowest BCUT2D eigenvalue weighted by Crippen LogP contribution is -2.08. The fourth-order valence-corrected chi connectivity index (χ4v) is 3.18. The van der Waals surface area contributed by atoms with Crippen LogP contribution >= 0.6 is 0 Å². The first-order chi connectivity index (χ1) is 8.82. The van der Waals surface area contributed by atoms with Crippen LogP contribution in [0.5, 0.6) is 11.5 Å². The zero-order valence-corrected chi connectivity index (χ0v) is 10.6. The normalized spacial score (nSPS) is 11.4. The van der Waals surface area contributed by atoms with Crippen LogP contribution in [0.1, 0.15) is 0 Å². The topological polar surface area (TPSA) is 127 Å². The van der Waals surface area contributed by atoms with Gasteiger partial charge in [0.1, 0.15) is 11.5 Å². The minimum absolute atomic E-state index is 0.0134. The number of rotatable bonds is 2. The molecule has 0 spiro atoms. The summed E-state index contributed by atoms with van der Waals surface area (Å²) >= 11 is 0. The van der Waals surface area contributed by atoms with Crippen molar-refractivity contribution in [3.05, 3.63) is 36.4 Å². The molecule has 0 saturated carbocycles. The highest BCUT2D eigenvalue weighted by molar-refractivity contribution is 7.91. The van der Waals surface area contributed by atoms with Crippen LogP contribution in [-0.4, -0.2) is 18.6 Å². The molecule has 0 heterocycles. The Morgan fingerprint density at radius 2 is 1.16 bits per heavy atom. The second-order valence-corrected chi connectivity index (χ2v) is 5.83. The van der Waals surface area contributed by atoms with Crippen molar-refractivity contribution in [1.82, 2.24) is 0 Å². The van der Waals surface area contributed by atoms with Gasteiger partial charge in [-0.15, -0.1) is 0 Å². The Balaban J connectivity index is 2.72. The number of nitrogens with two attached hydrogens (primary N) is 2. The number of hydrogen-bond acceptors (Lipinski definition) is 6. The smallest absolute Gasteiger partial charge is 0.210 e. The van der Waals surface area contributed by atoms with Gasteiger partial charge in [0.25, 0.3) is 0 Å². The molecule has 2 aromatic carbocycles. The summed E-state index contributed by atoms with van der Waals surface area (Å²) in [5, 5.41) is 18.7. The van der Waals surface area contributed by atoms with Crippen molar-refractivity contribution in [3.8, 4) is 11.5 Å². The zero-order valence-electron chi connectivity index (χ0n) is 9.74. The first-order valence-electron chi connectivity index (χ1n) is 5.24. The summed E-state index contributed by atoms with van der Waals surface area (Å²) in [4.78, 5) is -0.519. The summed E-state index contributed by atoms with van der Waals surface area (Å²) in [6, 6.07) is 7.19. The molecule has 7 heteroatoms. The Labute approximate surface area is 109 Å². The third-order valence-corrected chi connectivity index (χ3v) is 4.44. The highest BCUT2D eigenvalue weighted by Crippen LogP contribution is 2.33. The first kappa shape index (κ1) is 13.0. The molecule has 0 radical (unpaired) electrons. The largest absolute Gasteiger partial charge is 0.508 e. The molecule has 0 fully saturated rings. The zero-order chi connectivity index (χ0) is 14.2. The van der Waals surface area contributed by atoms with E-state index in [9.17, 15) is 18.6 Å². The van der Waals surface area contributed by atoms with Crippen LogP contribution in [-0.2, 0) is 9.84 Å². The molecule has 0 atom stereocenters. The van der Waals surface area contributed by atoms with Crippen molar-refractivity contribution in [2.45, 2.75) is 9.79 Å². The van der Waals surface area contributed by atoms with E-state index in [2.05, 4.69) is 0 Å². The predicted octanol–water partition coefficient (Wildman–Crippen LogP) is 1.10. The van der Waals surface area contributed by atoms with Gasteiger partial charge in [-0.1, -0.05) is 0 Å². The summed E-state index contributed by atoms with van der Waals surface area (Å²) in [6.07, 6.45) is 0. The van der Waals surface area contributed by atoms with Gasteiger partial charge in [-0.25, -0.2) is 8.42 Å². The average molecular weight is 280 g/mol. The number of phenols is 2. The molecule has 0 aliphatic carbocycles. The van der Waals surface area contributed by atoms with Crippen LogP contribution in [0, 0.1) is 0 Å². The van der Waals surface area contributed by atoms with Crippen LogP contribution in [0.15, 0.2) is 46.2 Å². The maximum atomic E-state index is 12.4. The second kappa shape index (κ2) is 4.36. The van der Waals surface area contributed by atoms with Gasteiger partial charge in [0.2, 0.25) is 9.84 Å². The third-order valence-electron chi connectivity index (χ3n) is 2.57. The molecule has 0 aliphatic rings. The fourth-order valence-electron chi connectivity index (χ4n) is 1.63. The van der Waals surface area contributed by atoms with Gasteiger partial charge in [0.15, 0.2) is 0 Å². The number of sulfone groups is 1. The number of nitrogen functional groups attached to an aromatic ring is 2. The molecule has 0 aromatic heterocycles. The van der Waals surface area contributed by atoms with Crippen LogP contribution in [0.25, 0.3) is 0 Å². The first-order valence-corrected chi connectivity index (χ1v) is 6.73. The van der Waals surface area contributed by atoms with E-state index in [-0.39, 0.29) is 32.7 Å². The molecule has 6 N–H and O–H groups in total. The van der Waals surface area contributed by atoms with Gasteiger partial charge >= 0.3 is 0 Å². The van der Waals surface area contributed by atoms with Crippen molar-refractivity contribution in [3.63, 3.8) is 0 Å². The van der Waals surface area contributed by atoms with Crippen molar-refractivity contribution in [2.24, 2.45) is 0 Å². The molecule has 0 bridgehead atoms. The summed E-state index contributed by atoms with van der Waals surface area (Å²) in [5.41, 5.74) is 11.2.